The number of hydrogen-bond donors (Lipinski definition) is 0. The molecule has 0 aliphatic carbocycles. The molecule has 0 heterocycles. The van der Waals surface area contributed by atoms with Crippen LogP contribution in [0, 0.1) is 0 Å². The number of hydrogen-bond acceptors (Lipinski definition) is 0. The summed E-state index contributed by atoms with van der Waals surface area (Å²) in [4.78, 5) is 0. The Morgan fingerprint density at radius 1 is 0.500 bits per heavy atom. The number of alkyl halides is 1. The van der Waals surface area contributed by atoms with Gasteiger partial charge >= 0.3 is 0 Å². The van der Waals surface area contributed by atoms with Gasteiger partial charge in [-0.1, -0.05) is 98.9 Å². The highest BCUT2D eigenvalue weighted by molar-refractivity contribution is 7.95. The molecule has 0 N–H and O–H groups in total. The molecule has 0 amide bonds. The molecule has 0 saturated carbocycles. The van der Waals surface area contributed by atoms with Crippen LogP contribution < -0.4 is 15.9 Å². The highest BCUT2D eigenvalue weighted by Gasteiger charge is 2.43. The Bertz CT molecular complexity index is 793. The lowest BCUT2D eigenvalue weighted by molar-refractivity contribution is 0.593. The van der Waals surface area contributed by atoms with E-state index in [2.05, 4.69) is 103 Å². The van der Waals surface area contributed by atoms with E-state index in [-0.39, 0.29) is 0 Å². The van der Waals surface area contributed by atoms with Crippen molar-refractivity contribution >= 4 is 34.8 Å². The zero-order chi connectivity index (χ0) is 22.3. The van der Waals surface area contributed by atoms with Crippen molar-refractivity contribution in [2.75, 3.05) is 12.0 Å². The minimum absolute atomic E-state index is 0.809. The molecule has 2 heteroatoms. The molecule has 0 bridgehead atoms. The maximum Gasteiger partial charge on any atom is 0.115 e. The van der Waals surface area contributed by atoms with Gasteiger partial charge in [-0.25, -0.2) is 0 Å². The summed E-state index contributed by atoms with van der Waals surface area (Å²) in [6, 6.07) is 33.4. The van der Waals surface area contributed by atoms with Crippen molar-refractivity contribution in [3.63, 3.8) is 0 Å². The first-order valence-corrected chi connectivity index (χ1v) is 14.6. The van der Waals surface area contributed by atoms with E-state index in [1.807, 2.05) is 0 Å². The molecular formula is C30H37ClP+. The Kier molecular flexibility index (Phi) is 11.1. The summed E-state index contributed by atoms with van der Waals surface area (Å²) < 4.78 is 0. The third-order valence-corrected chi connectivity index (χ3v) is 10.7. The van der Waals surface area contributed by atoms with Gasteiger partial charge in [0.05, 0.1) is 6.16 Å². The lowest BCUT2D eigenvalue weighted by Crippen LogP contribution is -2.32. The largest absolute Gasteiger partial charge is 0.127 e. The Morgan fingerprint density at radius 3 is 1.34 bits per heavy atom. The van der Waals surface area contributed by atoms with E-state index >= 15 is 0 Å². The van der Waals surface area contributed by atoms with Crippen molar-refractivity contribution in [2.24, 2.45) is 0 Å². The fourth-order valence-corrected chi connectivity index (χ4v) is 8.63. The first-order valence-electron chi connectivity index (χ1n) is 12.1. The van der Waals surface area contributed by atoms with Gasteiger partial charge < -0.3 is 0 Å². The Balaban J connectivity index is 1.71. The second-order valence-corrected chi connectivity index (χ2v) is 12.3. The van der Waals surface area contributed by atoms with Crippen LogP contribution in [-0.2, 0) is 0 Å². The Hall–Kier alpha value is -1.88. The van der Waals surface area contributed by atoms with Crippen LogP contribution in [0.5, 0.6) is 0 Å². The van der Waals surface area contributed by atoms with E-state index in [0.717, 1.165) is 12.0 Å². The summed E-state index contributed by atoms with van der Waals surface area (Å²) >= 11 is 5.76. The van der Waals surface area contributed by atoms with Crippen LogP contribution in [0.15, 0.2) is 103 Å². The van der Waals surface area contributed by atoms with E-state index in [9.17, 15) is 0 Å². The molecule has 32 heavy (non-hydrogen) atoms. The number of benzene rings is 3. The van der Waals surface area contributed by atoms with Crippen molar-refractivity contribution in [3.8, 4) is 0 Å². The van der Waals surface area contributed by atoms with E-state index in [0.29, 0.717) is 0 Å². The SMILES string of the molecule is ClCCCCCCCCCC=CC[P+](c1ccccc1)(c1ccccc1)c1ccccc1. The standard InChI is InChI=1S/C30H37ClP/c31-26-18-7-5-3-1-2-4-6-8-19-27-32(28-20-12-9-13-21-28,29-22-14-10-15-23-29)30-24-16-11-17-25-30/h8-17,19-25H,1-7,18,26-27H2/q+1. The van der Waals surface area contributed by atoms with Gasteiger partial charge in [0.2, 0.25) is 0 Å². The zero-order valence-electron chi connectivity index (χ0n) is 19.2. The van der Waals surface area contributed by atoms with Gasteiger partial charge in [0.25, 0.3) is 0 Å². The summed E-state index contributed by atoms with van der Waals surface area (Å²) in [6.07, 6.45) is 16.3. The Labute approximate surface area is 201 Å². The molecule has 0 fully saturated rings. The molecule has 0 atom stereocenters. The van der Waals surface area contributed by atoms with Gasteiger partial charge in [0, 0.05) is 5.88 Å². The zero-order valence-corrected chi connectivity index (χ0v) is 20.9. The van der Waals surface area contributed by atoms with Gasteiger partial charge in [0.15, 0.2) is 0 Å². The van der Waals surface area contributed by atoms with Crippen LogP contribution >= 0.6 is 18.9 Å². The topological polar surface area (TPSA) is 0 Å². The van der Waals surface area contributed by atoms with Crippen LogP contribution in [0.2, 0.25) is 0 Å². The summed E-state index contributed by atoms with van der Waals surface area (Å²) in [5.74, 6) is 0.809. The number of allylic oxidation sites excluding steroid dienone is 2. The Morgan fingerprint density at radius 2 is 0.906 bits per heavy atom. The molecule has 3 rings (SSSR count). The maximum atomic E-state index is 5.76. The monoisotopic (exact) mass is 463 g/mol. The molecule has 168 valence electrons. The maximum absolute atomic E-state index is 5.76. The van der Waals surface area contributed by atoms with Crippen molar-refractivity contribution in [2.45, 2.75) is 51.4 Å². The highest BCUT2D eigenvalue weighted by atomic mass is 35.5. The van der Waals surface area contributed by atoms with Crippen LogP contribution in [0.3, 0.4) is 0 Å². The van der Waals surface area contributed by atoms with E-state index in [1.165, 1.54) is 67.3 Å². The summed E-state index contributed by atoms with van der Waals surface area (Å²) in [5.41, 5.74) is 0. The molecule has 0 unspecified atom stereocenters. The fraction of sp³-hybridized carbons (Fsp3) is 0.333. The highest BCUT2D eigenvalue weighted by Crippen LogP contribution is 2.55. The predicted octanol–water partition coefficient (Wildman–Crippen LogP) is 7.90. The molecule has 0 aliphatic heterocycles. The number of rotatable bonds is 14. The summed E-state index contributed by atoms with van der Waals surface area (Å²) in [5, 5.41) is 4.37. The van der Waals surface area contributed by atoms with Crippen molar-refractivity contribution in [1.29, 1.82) is 0 Å². The molecule has 0 saturated heterocycles. The van der Waals surface area contributed by atoms with E-state index in [4.69, 9.17) is 11.6 Å². The van der Waals surface area contributed by atoms with Crippen LogP contribution in [0.1, 0.15) is 51.4 Å². The summed E-state index contributed by atoms with van der Waals surface area (Å²) in [6.45, 7) is 0. The molecular weight excluding hydrogens is 427 g/mol. The lowest BCUT2D eigenvalue weighted by atomic mass is 10.1. The minimum Gasteiger partial charge on any atom is -0.127 e. The van der Waals surface area contributed by atoms with E-state index < -0.39 is 7.26 Å². The first-order chi connectivity index (χ1) is 15.9. The lowest BCUT2D eigenvalue weighted by Gasteiger charge is -2.26. The molecule has 3 aromatic rings. The predicted molar refractivity (Wildman–Crippen MR) is 147 cm³/mol. The van der Waals surface area contributed by atoms with Crippen molar-refractivity contribution in [3.05, 3.63) is 103 Å². The van der Waals surface area contributed by atoms with Crippen molar-refractivity contribution in [1.82, 2.24) is 0 Å². The first kappa shape index (κ1) is 24.8. The fourth-order valence-electron chi connectivity index (χ4n) is 4.40. The molecule has 0 nitrogen and oxygen atoms in total. The van der Waals surface area contributed by atoms with Gasteiger partial charge in [-0.3, -0.25) is 0 Å². The number of halogens is 1. The van der Waals surface area contributed by atoms with Gasteiger partial charge in [0.1, 0.15) is 23.2 Å². The molecule has 3 aromatic carbocycles. The van der Waals surface area contributed by atoms with Crippen LogP contribution in [-0.4, -0.2) is 12.0 Å². The average Bonchev–Trinajstić information content (AvgIpc) is 2.87. The molecule has 0 aromatic heterocycles. The van der Waals surface area contributed by atoms with Crippen molar-refractivity contribution < 1.29 is 0 Å². The third kappa shape index (κ3) is 7.06. The molecule has 0 spiro atoms. The second kappa shape index (κ2) is 14.3. The van der Waals surface area contributed by atoms with E-state index in [1.54, 1.807) is 0 Å². The van der Waals surface area contributed by atoms with Gasteiger partial charge in [-0.15, -0.1) is 11.6 Å². The minimum atomic E-state index is -1.73. The number of unbranched alkanes of at least 4 members (excludes halogenated alkanes) is 7. The smallest absolute Gasteiger partial charge is 0.115 e. The third-order valence-electron chi connectivity index (χ3n) is 6.14. The normalized spacial score (nSPS) is 11.8. The van der Waals surface area contributed by atoms with Crippen LogP contribution in [0.25, 0.3) is 0 Å². The molecule has 0 aliphatic rings. The quantitative estimate of drug-likeness (QED) is 0.0986. The molecule has 0 radical (unpaired) electrons. The average molecular weight is 464 g/mol. The van der Waals surface area contributed by atoms with Gasteiger partial charge in [-0.05, 0) is 55.7 Å². The van der Waals surface area contributed by atoms with Crippen LogP contribution in [0.4, 0.5) is 0 Å². The summed E-state index contributed by atoms with van der Waals surface area (Å²) in [7, 11) is -1.73. The van der Waals surface area contributed by atoms with Gasteiger partial charge in [-0.2, -0.15) is 0 Å². The second-order valence-electron chi connectivity index (χ2n) is 8.42.